The third-order valence-electron chi connectivity index (χ3n) is 3.96. The highest BCUT2D eigenvalue weighted by atomic mass is 19.4. The molecule has 2 atom stereocenters. The van der Waals surface area contributed by atoms with Crippen LogP contribution in [0.4, 0.5) is 13.2 Å². The summed E-state index contributed by atoms with van der Waals surface area (Å²) >= 11 is 0. The number of ether oxygens (including phenoxy) is 1. The summed E-state index contributed by atoms with van der Waals surface area (Å²) in [6.07, 6.45) is -0.743. The summed E-state index contributed by atoms with van der Waals surface area (Å²) in [4.78, 5) is 0. The van der Waals surface area contributed by atoms with Gasteiger partial charge in [-0.3, -0.25) is 0 Å². The average molecular weight is 273 g/mol. The summed E-state index contributed by atoms with van der Waals surface area (Å²) in [6.45, 7) is 2.05. The molecule has 2 N–H and O–H groups in total. The van der Waals surface area contributed by atoms with Gasteiger partial charge in [0.1, 0.15) is 5.75 Å². The van der Waals surface area contributed by atoms with Crippen LogP contribution in [0.15, 0.2) is 24.3 Å². The van der Waals surface area contributed by atoms with E-state index in [1.807, 2.05) is 0 Å². The fraction of sp³-hybridized carbons (Fsp3) is 0.571. The SMILES string of the molecule is CC1CCCCC1(N)c1cccc(OC(F)(F)F)c1. The number of alkyl halides is 3. The fourth-order valence-electron chi connectivity index (χ4n) is 2.78. The fourth-order valence-corrected chi connectivity index (χ4v) is 2.78. The Kier molecular flexibility index (Phi) is 3.76. The summed E-state index contributed by atoms with van der Waals surface area (Å²) in [7, 11) is 0. The van der Waals surface area contributed by atoms with Gasteiger partial charge in [-0.05, 0) is 36.5 Å². The molecule has 0 aromatic heterocycles. The summed E-state index contributed by atoms with van der Waals surface area (Å²) in [5, 5.41) is 0. The van der Waals surface area contributed by atoms with E-state index in [4.69, 9.17) is 5.73 Å². The first-order valence-corrected chi connectivity index (χ1v) is 6.46. The van der Waals surface area contributed by atoms with Gasteiger partial charge < -0.3 is 10.5 Å². The Bertz CT molecular complexity index is 447. The van der Waals surface area contributed by atoms with Gasteiger partial charge in [0.15, 0.2) is 0 Å². The molecule has 1 fully saturated rings. The number of benzene rings is 1. The van der Waals surface area contributed by atoms with Gasteiger partial charge in [0.25, 0.3) is 0 Å². The molecule has 19 heavy (non-hydrogen) atoms. The lowest BCUT2D eigenvalue weighted by Crippen LogP contribution is -2.45. The zero-order valence-corrected chi connectivity index (χ0v) is 10.8. The van der Waals surface area contributed by atoms with Gasteiger partial charge in [-0.15, -0.1) is 13.2 Å². The number of halogens is 3. The van der Waals surface area contributed by atoms with Crippen LogP contribution in [-0.4, -0.2) is 6.36 Å². The third-order valence-corrected chi connectivity index (χ3v) is 3.96. The standard InChI is InChI=1S/C14H18F3NO/c1-10-5-2-3-8-13(10,18)11-6-4-7-12(9-11)19-14(15,16)17/h4,6-7,9-10H,2-3,5,8,18H2,1H3. The molecule has 2 unspecified atom stereocenters. The van der Waals surface area contributed by atoms with Crippen molar-refractivity contribution in [3.05, 3.63) is 29.8 Å². The first-order valence-electron chi connectivity index (χ1n) is 6.46. The van der Waals surface area contributed by atoms with Crippen molar-refractivity contribution in [1.29, 1.82) is 0 Å². The van der Waals surface area contributed by atoms with Crippen LogP contribution in [0.3, 0.4) is 0 Å². The van der Waals surface area contributed by atoms with Crippen LogP contribution >= 0.6 is 0 Å². The maximum atomic E-state index is 12.2. The van der Waals surface area contributed by atoms with E-state index in [0.717, 1.165) is 31.2 Å². The van der Waals surface area contributed by atoms with E-state index >= 15 is 0 Å². The second-order valence-electron chi connectivity index (χ2n) is 5.26. The van der Waals surface area contributed by atoms with E-state index in [2.05, 4.69) is 11.7 Å². The number of hydrogen-bond donors (Lipinski definition) is 1. The van der Waals surface area contributed by atoms with Crippen LogP contribution in [-0.2, 0) is 5.54 Å². The van der Waals surface area contributed by atoms with Crippen molar-refractivity contribution in [3.63, 3.8) is 0 Å². The highest BCUT2D eigenvalue weighted by molar-refractivity contribution is 5.34. The summed E-state index contributed by atoms with van der Waals surface area (Å²) < 4.78 is 40.7. The summed E-state index contributed by atoms with van der Waals surface area (Å²) in [5.74, 6) is 0.0509. The van der Waals surface area contributed by atoms with Gasteiger partial charge in [-0.25, -0.2) is 0 Å². The predicted molar refractivity (Wildman–Crippen MR) is 66.6 cm³/mol. The van der Waals surface area contributed by atoms with E-state index in [0.29, 0.717) is 0 Å². The lowest BCUT2D eigenvalue weighted by Gasteiger charge is -2.40. The molecule has 0 bridgehead atoms. The molecule has 0 spiro atoms. The van der Waals surface area contributed by atoms with Crippen LogP contribution in [0.5, 0.6) is 5.75 Å². The normalized spacial score (nSPS) is 28.2. The molecular formula is C14H18F3NO. The molecule has 0 amide bonds. The highest BCUT2D eigenvalue weighted by Gasteiger charge is 2.37. The van der Waals surface area contributed by atoms with Crippen LogP contribution < -0.4 is 10.5 Å². The number of nitrogens with two attached hydrogens (primary N) is 1. The molecule has 106 valence electrons. The van der Waals surface area contributed by atoms with Crippen LogP contribution in [0.2, 0.25) is 0 Å². The van der Waals surface area contributed by atoms with Crippen molar-refractivity contribution in [2.45, 2.75) is 44.5 Å². The van der Waals surface area contributed by atoms with Gasteiger partial charge in [-0.2, -0.15) is 0 Å². The lowest BCUT2D eigenvalue weighted by atomic mass is 9.70. The zero-order valence-electron chi connectivity index (χ0n) is 10.8. The van der Waals surface area contributed by atoms with Gasteiger partial charge in [0, 0.05) is 5.54 Å². The van der Waals surface area contributed by atoms with E-state index in [-0.39, 0.29) is 11.7 Å². The molecule has 0 heterocycles. The van der Waals surface area contributed by atoms with Crippen LogP contribution in [0.25, 0.3) is 0 Å². The Labute approximate surface area is 110 Å². The molecule has 1 aliphatic rings. The van der Waals surface area contributed by atoms with Crippen LogP contribution in [0, 0.1) is 5.92 Å². The van der Waals surface area contributed by atoms with Crippen molar-refractivity contribution in [3.8, 4) is 5.75 Å². The Morgan fingerprint density at radius 1 is 1.32 bits per heavy atom. The maximum Gasteiger partial charge on any atom is 0.573 e. The topological polar surface area (TPSA) is 35.2 Å². The molecule has 2 nitrogen and oxygen atoms in total. The third kappa shape index (κ3) is 3.21. The Morgan fingerprint density at radius 3 is 2.68 bits per heavy atom. The number of hydrogen-bond acceptors (Lipinski definition) is 2. The molecular weight excluding hydrogens is 255 g/mol. The van der Waals surface area contributed by atoms with Crippen molar-refractivity contribution >= 4 is 0 Å². The van der Waals surface area contributed by atoms with E-state index < -0.39 is 11.9 Å². The average Bonchev–Trinajstić information content (AvgIpc) is 2.31. The molecule has 0 radical (unpaired) electrons. The monoisotopic (exact) mass is 273 g/mol. The minimum atomic E-state index is -4.67. The van der Waals surface area contributed by atoms with Crippen molar-refractivity contribution in [2.75, 3.05) is 0 Å². The first-order chi connectivity index (χ1) is 8.81. The summed E-state index contributed by atoms with van der Waals surface area (Å²) in [6, 6.07) is 6.06. The Morgan fingerprint density at radius 2 is 2.05 bits per heavy atom. The van der Waals surface area contributed by atoms with E-state index in [9.17, 15) is 13.2 Å². The highest BCUT2D eigenvalue weighted by Crippen LogP contribution is 2.40. The van der Waals surface area contributed by atoms with Gasteiger partial charge in [-0.1, -0.05) is 31.9 Å². The quantitative estimate of drug-likeness (QED) is 0.885. The minimum absolute atomic E-state index is 0.201. The Hall–Kier alpha value is -1.23. The minimum Gasteiger partial charge on any atom is -0.406 e. The van der Waals surface area contributed by atoms with Crippen molar-refractivity contribution in [2.24, 2.45) is 11.7 Å². The Balaban J connectivity index is 2.27. The zero-order chi connectivity index (χ0) is 14.1. The molecule has 0 saturated heterocycles. The van der Waals surface area contributed by atoms with Crippen molar-refractivity contribution in [1.82, 2.24) is 0 Å². The largest absolute Gasteiger partial charge is 0.573 e. The summed E-state index contributed by atoms with van der Waals surface area (Å²) in [5.41, 5.74) is 6.59. The molecule has 2 rings (SSSR count). The van der Waals surface area contributed by atoms with E-state index in [1.54, 1.807) is 12.1 Å². The molecule has 1 saturated carbocycles. The number of rotatable bonds is 2. The van der Waals surface area contributed by atoms with Gasteiger partial charge in [0.05, 0.1) is 0 Å². The molecule has 1 aliphatic carbocycles. The van der Waals surface area contributed by atoms with Gasteiger partial charge in [0.2, 0.25) is 0 Å². The maximum absolute atomic E-state index is 12.2. The first kappa shape index (κ1) is 14.2. The lowest BCUT2D eigenvalue weighted by molar-refractivity contribution is -0.274. The molecule has 1 aromatic rings. The van der Waals surface area contributed by atoms with Gasteiger partial charge >= 0.3 is 6.36 Å². The molecule has 5 heteroatoms. The smallest absolute Gasteiger partial charge is 0.406 e. The second-order valence-corrected chi connectivity index (χ2v) is 5.26. The predicted octanol–water partition coefficient (Wildman–Crippen LogP) is 3.95. The second kappa shape index (κ2) is 5.04. The van der Waals surface area contributed by atoms with Crippen LogP contribution in [0.1, 0.15) is 38.2 Å². The van der Waals surface area contributed by atoms with Crippen molar-refractivity contribution < 1.29 is 17.9 Å². The van der Waals surface area contributed by atoms with E-state index in [1.165, 1.54) is 12.1 Å². The molecule has 1 aromatic carbocycles. The molecule has 0 aliphatic heterocycles.